The third kappa shape index (κ3) is 3.96. The molecule has 148 valence electrons. The SMILES string of the molecule is CCOC1CC(N)(C(=O)N2CCCC(N3CCCC3)C2)C1(C)C.Cl.Cl. The zero-order valence-electron chi connectivity index (χ0n) is 15.8. The van der Waals surface area contributed by atoms with E-state index in [4.69, 9.17) is 10.5 Å². The highest BCUT2D eigenvalue weighted by molar-refractivity contribution is 5.89. The molecule has 1 aliphatic carbocycles. The van der Waals surface area contributed by atoms with Crippen molar-refractivity contribution in [3.8, 4) is 0 Å². The predicted molar refractivity (Wildman–Crippen MR) is 106 cm³/mol. The lowest BCUT2D eigenvalue weighted by atomic mass is 9.54. The number of piperidine rings is 1. The summed E-state index contributed by atoms with van der Waals surface area (Å²) < 4.78 is 5.77. The quantitative estimate of drug-likeness (QED) is 0.793. The molecule has 0 bridgehead atoms. The minimum Gasteiger partial charge on any atom is -0.378 e. The van der Waals surface area contributed by atoms with E-state index < -0.39 is 5.54 Å². The second kappa shape index (κ2) is 8.75. The highest BCUT2D eigenvalue weighted by atomic mass is 35.5. The number of nitrogens with two attached hydrogens (primary N) is 1. The van der Waals surface area contributed by atoms with Crippen LogP contribution < -0.4 is 5.73 Å². The van der Waals surface area contributed by atoms with E-state index in [0.29, 0.717) is 19.1 Å². The van der Waals surface area contributed by atoms with Crippen molar-refractivity contribution < 1.29 is 9.53 Å². The Kier molecular flexibility index (Phi) is 8.04. The molecule has 5 nitrogen and oxygen atoms in total. The van der Waals surface area contributed by atoms with Crippen LogP contribution in [0.3, 0.4) is 0 Å². The first-order valence-corrected chi connectivity index (χ1v) is 9.34. The Morgan fingerprint density at radius 3 is 2.36 bits per heavy atom. The molecule has 2 aliphatic heterocycles. The van der Waals surface area contributed by atoms with Crippen LogP contribution >= 0.6 is 24.8 Å². The van der Waals surface area contributed by atoms with E-state index in [1.807, 2.05) is 11.8 Å². The van der Waals surface area contributed by atoms with Gasteiger partial charge >= 0.3 is 0 Å². The normalized spacial score (nSPS) is 34.6. The third-order valence-corrected chi connectivity index (χ3v) is 6.55. The number of likely N-dealkylation sites (tertiary alicyclic amines) is 2. The van der Waals surface area contributed by atoms with Crippen molar-refractivity contribution in [2.75, 3.05) is 32.8 Å². The molecule has 25 heavy (non-hydrogen) atoms. The highest BCUT2D eigenvalue weighted by Crippen LogP contribution is 2.50. The van der Waals surface area contributed by atoms with Crippen LogP contribution in [-0.4, -0.2) is 66.2 Å². The van der Waals surface area contributed by atoms with Crippen LogP contribution in [0.25, 0.3) is 0 Å². The second-order valence-electron chi connectivity index (χ2n) is 8.13. The van der Waals surface area contributed by atoms with Gasteiger partial charge in [0, 0.05) is 37.6 Å². The topological polar surface area (TPSA) is 58.8 Å². The maximum atomic E-state index is 13.2. The Morgan fingerprint density at radius 2 is 1.80 bits per heavy atom. The lowest BCUT2D eigenvalue weighted by Crippen LogP contribution is -2.76. The molecule has 2 saturated heterocycles. The number of carbonyl (C=O) groups excluding carboxylic acids is 1. The van der Waals surface area contributed by atoms with Gasteiger partial charge in [0.25, 0.3) is 0 Å². The minimum atomic E-state index is -0.764. The van der Waals surface area contributed by atoms with Gasteiger partial charge < -0.3 is 15.4 Å². The number of halogens is 2. The zero-order chi connectivity index (χ0) is 16.7. The Morgan fingerprint density at radius 1 is 1.16 bits per heavy atom. The van der Waals surface area contributed by atoms with E-state index in [1.54, 1.807) is 0 Å². The van der Waals surface area contributed by atoms with Gasteiger partial charge in [0.15, 0.2) is 0 Å². The van der Waals surface area contributed by atoms with Crippen LogP contribution in [0.5, 0.6) is 0 Å². The average molecular weight is 396 g/mol. The molecular weight excluding hydrogens is 361 g/mol. The van der Waals surface area contributed by atoms with Crippen LogP contribution in [0.4, 0.5) is 0 Å². The van der Waals surface area contributed by atoms with Crippen LogP contribution in [0.1, 0.15) is 52.9 Å². The van der Waals surface area contributed by atoms with Gasteiger partial charge in [-0.2, -0.15) is 0 Å². The molecule has 0 aromatic carbocycles. The molecule has 3 aliphatic rings. The van der Waals surface area contributed by atoms with Crippen LogP contribution in [0.2, 0.25) is 0 Å². The number of ether oxygens (including phenoxy) is 1. The summed E-state index contributed by atoms with van der Waals surface area (Å²) in [6.07, 6.45) is 5.66. The molecule has 2 N–H and O–H groups in total. The summed E-state index contributed by atoms with van der Waals surface area (Å²) in [6.45, 7) is 10.9. The minimum absolute atomic E-state index is 0. The van der Waals surface area contributed by atoms with Crippen molar-refractivity contribution in [2.24, 2.45) is 11.1 Å². The molecule has 2 heterocycles. The van der Waals surface area contributed by atoms with E-state index >= 15 is 0 Å². The fraction of sp³-hybridized carbons (Fsp3) is 0.944. The monoisotopic (exact) mass is 395 g/mol. The summed E-state index contributed by atoms with van der Waals surface area (Å²) in [6, 6.07) is 0.532. The number of amides is 1. The van der Waals surface area contributed by atoms with Gasteiger partial charge in [-0.1, -0.05) is 13.8 Å². The smallest absolute Gasteiger partial charge is 0.243 e. The highest BCUT2D eigenvalue weighted by Gasteiger charge is 2.63. The second-order valence-corrected chi connectivity index (χ2v) is 8.13. The fourth-order valence-electron chi connectivity index (χ4n) is 4.62. The fourth-order valence-corrected chi connectivity index (χ4v) is 4.62. The summed E-state index contributed by atoms with van der Waals surface area (Å²) in [5, 5.41) is 0. The zero-order valence-corrected chi connectivity index (χ0v) is 17.5. The van der Waals surface area contributed by atoms with E-state index in [-0.39, 0.29) is 42.2 Å². The molecule has 0 aromatic heterocycles. The van der Waals surface area contributed by atoms with Crippen LogP contribution in [-0.2, 0) is 9.53 Å². The average Bonchev–Trinajstić information content (AvgIpc) is 3.08. The van der Waals surface area contributed by atoms with Gasteiger partial charge in [0.2, 0.25) is 5.91 Å². The molecule has 0 spiro atoms. The van der Waals surface area contributed by atoms with Gasteiger partial charge in [-0.25, -0.2) is 0 Å². The van der Waals surface area contributed by atoms with E-state index in [1.165, 1.54) is 32.4 Å². The number of nitrogens with zero attached hydrogens (tertiary/aromatic N) is 2. The maximum absolute atomic E-state index is 13.2. The van der Waals surface area contributed by atoms with Crippen molar-refractivity contribution in [2.45, 2.75) is 70.6 Å². The van der Waals surface area contributed by atoms with Crippen molar-refractivity contribution >= 4 is 30.7 Å². The number of rotatable bonds is 4. The summed E-state index contributed by atoms with van der Waals surface area (Å²) in [5.74, 6) is 0.141. The van der Waals surface area contributed by atoms with Gasteiger partial charge in [0.05, 0.1) is 6.10 Å². The number of hydrogen-bond donors (Lipinski definition) is 1. The Balaban J connectivity index is 0.00000156. The molecule has 1 saturated carbocycles. The van der Waals surface area contributed by atoms with Gasteiger partial charge in [-0.15, -0.1) is 24.8 Å². The molecule has 3 atom stereocenters. The molecule has 3 unspecified atom stereocenters. The Bertz CT molecular complexity index is 458. The lowest BCUT2D eigenvalue weighted by Gasteiger charge is -2.59. The van der Waals surface area contributed by atoms with Gasteiger partial charge in [-0.3, -0.25) is 9.69 Å². The van der Waals surface area contributed by atoms with Gasteiger partial charge in [-0.05, 0) is 45.7 Å². The lowest BCUT2D eigenvalue weighted by molar-refractivity contribution is -0.180. The largest absolute Gasteiger partial charge is 0.378 e. The summed E-state index contributed by atoms with van der Waals surface area (Å²) in [4.78, 5) is 17.8. The van der Waals surface area contributed by atoms with Crippen molar-refractivity contribution in [3.05, 3.63) is 0 Å². The van der Waals surface area contributed by atoms with Crippen molar-refractivity contribution in [3.63, 3.8) is 0 Å². The summed E-state index contributed by atoms with van der Waals surface area (Å²) >= 11 is 0. The standard InChI is InChI=1S/C18H33N3O2.2ClH/c1-4-23-15-12-18(19,17(15,2)3)16(22)21-11-7-8-14(13-21)20-9-5-6-10-20;;/h14-15H,4-13,19H2,1-3H3;2*1H. The first-order chi connectivity index (χ1) is 10.9. The van der Waals surface area contributed by atoms with E-state index in [9.17, 15) is 4.79 Å². The van der Waals surface area contributed by atoms with Crippen LogP contribution in [0.15, 0.2) is 0 Å². The predicted octanol–water partition coefficient (Wildman–Crippen LogP) is 2.45. The molecule has 0 radical (unpaired) electrons. The number of carbonyl (C=O) groups is 1. The first-order valence-electron chi connectivity index (χ1n) is 9.34. The van der Waals surface area contributed by atoms with Crippen LogP contribution in [0, 0.1) is 5.41 Å². The van der Waals surface area contributed by atoms with Crippen molar-refractivity contribution in [1.29, 1.82) is 0 Å². The third-order valence-electron chi connectivity index (χ3n) is 6.55. The summed E-state index contributed by atoms with van der Waals surface area (Å²) in [7, 11) is 0. The molecule has 1 amide bonds. The van der Waals surface area contributed by atoms with E-state index in [0.717, 1.165) is 19.5 Å². The molecule has 7 heteroatoms. The molecule has 3 rings (SSSR count). The molecule has 3 fully saturated rings. The maximum Gasteiger partial charge on any atom is 0.243 e. The molecular formula is C18H35Cl2N3O2. The first kappa shape index (κ1) is 23.0. The Labute approximate surface area is 164 Å². The summed E-state index contributed by atoms with van der Waals surface area (Å²) in [5.41, 5.74) is 5.53. The van der Waals surface area contributed by atoms with Gasteiger partial charge in [0.1, 0.15) is 5.54 Å². The number of hydrogen-bond acceptors (Lipinski definition) is 4. The van der Waals surface area contributed by atoms with Crippen molar-refractivity contribution in [1.82, 2.24) is 9.80 Å². The Hall–Kier alpha value is -0.0700. The van der Waals surface area contributed by atoms with E-state index in [2.05, 4.69) is 18.7 Å². The molecule has 0 aromatic rings.